The van der Waals surface area contributed by atoms with E-state index < -0.39 is 0 Å². The summed E-state index contributed by atoms with van der Waals surface area (Å²) in [5.74, 6) is -0.324. The van der Waals surface area contributed by atoms with E-state index in [2.05, 4.69) is 5.48 Å². The van der Waals surface area contributed by atoms with Gasteiger partial charge in [0.25, 0.3) is 0 Å². The summed E-state index contributed by atoms with van der Waals surface area (Å²) in [6, 6.07) is 5.19. The van der Waals surface area contributed by atoms with Crippen molar-refractivity contribution in [3.63, 3.8) is 0 Å². The highest BCUT2D eigenvalue weighted by atomic mass is 35.5. The van der Waals surface area contributed by atoms with Crippen molar-refractivity contribution in [1.29, 1.82) is 0 Å². The molecule has 0 amide bonds. The van der Waals surface area contributed by atoms with Gasteiger partial charge in [-0.2, -0.15) is 0 Å². The van der Waals surface area contributed by atoms with Crippen LogP contribution in [-0.2, 0) is 20.9 Å². The highest BCUT2D eigenvalue weighted by molar-refractivity contribution is 6.35. The summed E-state index contributed by atoms with van der Waals surface area (Å²) in [6.07, 6.45) is 1.42. The molecule has 1 N–H and O–H groups in total. The first-order valence-corrected chi connectivity index (χ1v) is 6.87. The highest BCUT2D eigenvalue weighted by Gasteiger charge is 2.23. The van der Waals surface area contributed by atoms with E-state index in [4.69, 9.17) is 32.8 Å². The summed E-state index contributed by atoms with van der Waals surface area (Å²) in [6.45, 7) is 1.58. The molecule has 1 aliphatic heterocycles. The van der Waals surface area contributed by atoms with Crippen LogP contribution in [0.2, 0.25) is 10.0 Å². The maximum atomic E-state index is 11.7. The second-order valence-electron chi connectivity index (χ2n) is 4.36. The Bertz CT molecular complexity index is 450. The summed E-state index contributed by atoms with van der Waals surface area (Å²) in [4.78, 5) is 16.8. The van der Waals surface area contributed by atoms with E-state index in [0.29, 0.717) is 42.6 Å². The van der Waals surface area contributed by atoms with Crippen molar-refractivity contribution in [3.05, 3.63) is 33.8 Å². The number of ether oxygens (including phenoxy) is 1. The van der Waals surface area contributed by atoms with Crippen LogP contribution in [0.5, 0.6) is 0 Å². The van der Waals surface area contributed by atoms with Crippen LogP contribution in [0, 0.1) is 5.92 Å². The zero-order chi connectivity index (χ0) is 13.7. The molecule has 0 unspecified atom stereocenters. The Morgan fingerprint density at radius 1 is 1.35 bits per heavy atom. The van der Waals surface area contributed by atoms with Crippen LogP contribution in [0.3, 0.4) is 0 Å². The second kappa shape index (κ2) is 8.70. The minimum atomic E-state index is -0.242. The maximum absolute atomic E-state index is 11.7. The average Bonchev–Trinajstić information content (AvgIpc) is 2.42. The van der Waals surface area contributed by atoms with Gasteiger partial charge in [-0.3, -0.25) is 4.79 Å². The molecular weight excluding hydrogens is 325 g/mol. The summed E-state index contributed by atoms with van der Waals surface area (Å²) >= 11 is 11.8. The lowest BCUT2D eigenvalue weighted by molar-refractivity contribution is -0.159. The lowest BCUT2D eigenvalue weighted by atomic mass is 10.0. The first kappa shape index (κ1) is 17.5. The van der Waals surface area contributed by atoms with E-state index in [1.54, 1.807) is 18.2 Å². The summed E-state index contributed by atoms with van der Waals surface area (Å²) in [5.41, 5.74) is 3.47. The molecule has 2 rings (SSSR count). The van der Waals surface area contributed by atoms with Crippen LogP contribution in [0.25, 0.3) is 0 Å². The zero-order valence-corrected chi connectivity index (χ0v) is 13.1. The molecule has 1 aromatic rings. The molecule has 1 saturated heterocycles. The van der Waals surface area contributed by atoms with Gasteiger partial charge in [0.15, 0.2) is 0 Å². The van der Waals surface area contributed by atoms with Gasteiger partial charge >= 0.3 is 5.97 Å². The third-order valence-corrected chi connectivity index (χ3v) is 3.59. The molecule has 0 aromatic heterocycles. The SMILES string of the molecule is Cl.O=C(ONCc1ccc(Cl)cc1Cl)C1CCOCC1. The van der Waals surface area contributed by atoms with Crippen LogP contribution >= 0.6 is 35.6 Å². The normalized spacial score (nSPS) is 15.5. The predicted octanol–water partition coefficient (Wildman–Crippen LogP) is 3.39. The standard InChI is InChI=1S/C13H15Cl2NO3.ClH/c14-11-2-1-10(12(15)7-11)8-16-19-13(17)9-3-5-18-6-4-9;/h1-2,7,9,16H,3-6,8H2;1H. The second-order valence-corrected chi connectivity index (χ2v) is 5.21. The molecule has 0 saturated carbocycles. The van der Waals surface area contributed by atoms with Crippen molar-refractivity contribution in [2.24, 2.45) is 5.92 Å². The van der Waals surface area contributed by atoms with Crippen LogP contribution in [0.15, 0.2) is 18.2 Å². The third-order valence-electron chi connectivity index (χ3n) is 3.01. The summed E-state index contributed by atoms with van der Waals surface area (Å²) < 4.78 is 5.19. The first-order chi connectivity index (χ1) is 9.16. The summed E-state index contributed by atoms with van der Waals surface area (Å²) in [5, 5.41) is 1.12. The van der Waals surface area contributed by atoms with Crippen LogP contribution in [0.1, 0.15) is 18.4 Å². The molecule has 112 valence electrons. The molecule has 0 aliphatic carbocycles. The van der Waals surface area contributed by atoms with E-state index in [9.17, 15) is 4.79 Å². The minimum Gasteiger partial charge on any atom is -0.381 e. The molecule has 0 radical (unpaired) electrons. The molecule has 1 aliphatic rings. The number of hydrogen-bond donors (Lipinski definition) is 1. The summed E-state index contributed by atoms with van der Waals surface area (Å²) in [7, 11) is 0. The van der Waals surface area contributed by atoms with Crippen molar-refractivity contribution >= 4 is 41.6 Å². The van der Waals surface area contributed by atoms with Crippen LogP contribution in [-0.4, -0.2) is 19.2 Å². The van der Waals surface area contributed by atoms with Gasteiger partial charge in [0.1, 0.15) is 0 Å². The van der Waals surface area contributed by atoms with Gasteiger partial charge in [0.2, 0.25) is 0 Å². The molecule has 1 fully saturated rings. The van der Waals surface area contributed by atoms with E-state index in [-0.39, 0.29) is 24.3 Å². The average molecular weight is 341 g/mol. The number of hydrogen-bond acceptors (Lipinski definition) is 4. The monoisotopic (exact) mass is 339 g/mol. The van der Waals surface area contributed by atoms with Crippen molar-refractivity contribution in [2.45, 2.75) is 19.4 Å². The number of nitrogens with one attached hydrogen (secondary N) is 1. The largest absolute Gasteiger partial charge is 0.381 e. The Morgan fingerprint density at radius 2 is 2.05 bits per heavy atom. The van der Waals surface area contributed by atoms with Gasteiger partial charge < -0.3 is 9.57 Å². The van der Waals surface area contributed by atoms with Gasteiger partial charge in [0.05, 0.1) is 12.5 Å². The van der Waals surface area contributed by atoms with Gasteiger partial charge in [0, 0.05) is 23.3 Å². The predicted molar refractivity (Wildman–Crippen MR) is 80.2 cm³/mol. The minimum absolute atomic E-state index is 0. The third kappa shape index (κ3) is 5.11. The Kier molecular flexibility index (Phi) is 7.62. The number of carbonyl (C=O) groups excluding carboxylic acids is 1. The number of carbonyl (C=O) groups is 1. The molecule has 1 aromatic carbocycles. The molecule has 4 nitrogen and oxygen atoms in total. The van der Waals surface area contributed by atoms with Gasteiger partial charge in [-0.15, -0.1) is 17.9 Å². The quantitative estimate of drug-likeness (QED) is 0.854. The zero-order valence-electron chi connectivity index (χ0n) is 10.7. The number of halogens is 3. The molecule has 1 heterocycles. The highest BCUT2D eigenvalue weighted by Crippen LogP contribution is 2.21. The molecule has 0 bridgehead atoms. The Hall–Kier alpha value is -0.520. The fourth-order valence-electron chi connectivity index (χ4n) is 1.87. The van der Waals surface area contributed by atoms with Gasteiger partial charge in [-0.05, 0) is 30.5 Å². The van der Waals surface area contributed by atoms with E-state index in [1.165, 1.54) is 0 Å². The van der Waals surface area contributed by atoms with Crippen LogP contribution < -0.4 is 5.48 Å². The van der Waals surface area contributed by atoms with Crippen LogP contribution in [0.4, 0.5) is 0 Å². The fraction of sp³-hybridized carbons (Fsp3) is 0.462. The molecule has 0 atom stereocenters. The van der Waals surface area contributed by atoms with Crippen molar-refractivity contribution < 1.29 is 14.4 Å². The fourth-order valence-corrected chi connectivity index (χ4v) is 2.34. The van der Waals surface area contributed by atoms with Gasteiger partial charge in [-0.25, -0.2) is 0 Å². The van der Waals surface area contributed by atoms with E-state index in [0.717, 1.165) is 5.56 Å². The topological polar surface area (TPSA) is 47.6 Å². The molecule has 0 spiro atoms. The first-order valence-electron chi connectivity index (χ1n) is 6.12. The van der Waals surface area contributed by atoms with Crippen molar-refractivity contribution in [1.82, 2.24) is 5.48 Å². The maximum Gasteiger partial charge on any atom is 0.327 e. The number of benzene rings is 1. The molecular formula is C13H16Cl3NO3. The number of hydroxylamine groups is 1. The van der Waals surface area contributed by atoms with Crippen molar-refractivity contribution in [3.8, 4) is 0 Å². The van der Waals surface area contributed by atoms with E-state index in [1.807, 2.05) is 0 Å². The molecule has 20 heavy (non-hydrogen) atoms. The number of rotatable bonds is 4. The Labute approximate surface area is 134 Å². The van der Waals surface area contributed by atoms with E-state index >= 15 is 0 Å². The van der Waals surface area contributed by atoms with Crippen molar-refractivity contribution in [2.75, 3.05) is 13.2 Å². The Morgan fingerprint density at radius 3 is 2.70 bits per heavy atom. The molecule has 7 heteroatoms. The van der Waals surface area contributed by atoms with Gasteiger partial charge in [-0.1, -0.05) is 29.3 Å². The lowest BCUT2D eigenvalue weighted by Crippen LogP contribution is -2.29. The lowest BCUT2D eigenvalue weighted by Gasteiger charge is -2.20. The Balaban J connectivity index is 0.00000200. The smallest absolute Gasteiger partial charge is 0.327 e.